The number of para-hydroxylation sites is 1. The summed E-state index contributed by atoms with van der Waals surface area (Å²) in [5.74, 6) is 0.697. The molecule has 27 heavy (non-hydrogen) atoms. The van der Waals surface area contributed by atoms with Crippen LogP contribution in [0.5, 0.6) is 0 Å². The van der Waals surface area contributed by atoms with Crippen molar-refractivity contribution < 1.29 is 9.59 Å². The van der Waals surface area contributed by atoms with Crippen LogP contribution in [0.15, 0.2) is 30.3 Å². The van der Waals surface area contributed by atoms with Crippen LogP contribution in [0.1, 0.15) is 32.6 Å². The van der Waals surface area contributed by atoms with Gasteiger partial charge in [0.05, 0.1) is 6.04 Å². The van der Waals surface area contributed by atoms with Crippen LogP contribution in [-0.4, -0.2) is 72.5 Å². The summed E-state index contributed by atoms with van der Waals surface area (Å²) in [5.41, 5.74) is 0.813. The molecule has 148 valence electrons. The third-order valence-corrected chi connectivity index (χ3v) is 5.97. The van der Waals surface area contributed by atoms with E-state index in [0.29, 0.717) is 19.0 Å². The summed E-state index contributed by atoms with van der Waals surface area (Å²) in [4.78, 5) is 31.5. The summed E-state index contributed by atoms with van der Waals surface area (Å²) in [6, 6.07) is 9.45. The lowest BCUT2D eigenvalue weighted by molar-refractivity contribution is -0.138. The molecule has 1 saturated heterocycles. The second-order valence-corrected chi connectivity index (χ2v) is 7.66. The minimum Gasteiger partial charge on any atom is -0.345 e. The minimum absolute atomic E-state index is 0.0308. The van der Waals surface area contributed by atoms with Crippen molar-refractivity contribution in [2.24, 2.45) is 5.92 Å². The first-order valence-corrected chi connectivity index (χ1v) is 10.2. The molecule has 2 fully saturated rings. The molecule has 0 spiro atoms. The number of rotatable bonds is 5. The molecular formula is C21H32N4O2. The molecule has 1 aliphatic heterocycles. The van der Waals surface area contributed by atoms with E-state index in [0.717, 1.165) is 38.2 Å². The molecule has 1 heterocycles. The Labute approximate surface area is 162 Å². The number of hydrogen-bond acceptors (Lipinski definition) is 3. The Morgan fingerprint density at radius 3 is 2.33 bits per heavy atom. The van der Waals surface area contributed by atoms with E-state index >= 15 is 0 Å². The third-order valence-electron chi connectivity index (χ3n) is 5.97. The predicted octanol–water partition coefficient (Wildman–Crippen LogP) is 2.87. The minimum atomic E-state index is -0.0599. The highest BCUT2D eigenvalue weighted by molar-refractivity contribution is 5.89. The van der Waals surface area contributed by atoms with E-state index in [1.54, 1.807) is 0 Å². The Kier molecular flexibility index (Phi) is 6.72. The highest BCUT2D eigenvalue weighted by Crippen LogP contribution is 2.31. The lowest BCUT2D eigenvalue weighted by atomic mass is 9.94. The monoisotopic (exact) mass is 372 g/mol. The van der Waals surface area contributed by atoms with Crippen molar-refractivity contribution >= 4 is 17.6 Å². The van der Waals surface area contributed by atoms with E-state index in [2.05, 4.69) is 10.2 Å². The number of likely N-dealkylation sites (N-methyl/N-ethyl adjacent to an activating group) is 1. The number of hydrogen-bond donors (Lipinski definition) is 1. The highest BCUT2D eigenvalue weighted by Gasteiger charge is 2.38. The Balaban J connectivity index is 1.59. The average molecular weight is 373 g/mol. The number of nitrogens with one attached hydrogen (secondary N) is 1. The summed E-state index contributed by atoms with van der Waals surface area (Å²) in [5, 5.41) is 2.95. The topological polar surface area (TPSA) is 55.9 Å². The second kappa shape index (κ2) is 9.22. The van der Waals surface area contributed by atoms with Crippen molar-refractivity contribution in [1.29, 1.82) is 0 Å². The zero-order valence-electron chi connectivity index (χ0n) is 16.6. The Bertz CT molecular complexity index is 622. The number of benzene rings is 1. The molecule has 6 nitrogen and oxygen atoms in total. The van der Waals surface area contributed by atoms with Gasteiger partial charge < -0.3 is 15.1 Å². The Morgan fingerprint density at radius 1 is 1.11 bits per heavy atom. The van der Waals surface area contributed by atoms with Crippen molar-refractivity contribution in [1.82, 2.24) is 14.7 Å². The molecule has 0 bridgehead atoms. The summed E-state index contributed by atoms with van der Waals surface area (Å²) in [6.45, 7) is 5.59. The van der Waals surface area contributed by atoms with Crippen LogP contribution < -0.4 is 5.32 Å². The molecule has 1 aromatic rings. The molecule has 1 aromatic carbocycles. The quantitative estimate of drug-likeness (QED) is 0.865. The molecule has 3 amide bonds. The van der Waals surface area contributed by atoms with Gasteiger partial charge in [0.2, 0.25) is 5.91 Å². The van der Waals surface area contributed by atoms with Gasteiger partial charge in [-0.05, 0) is 37.8 Å². The lowest BCUT2D eigenvalue weighted by Crippen LogP contribution is -2.58. The fourth-order valence-corrected chi connectivity index (χ4v) is 4.24. The summed E-state index contributed by atoms with van der Waals surface area (Å²) in [6.07, 6.45) is 4.73. The maximum Gasteiger partial charge on any atom is 0.321 e. The molecule has 0 radical (unpaired) electrons. The van der Waals surface area contributed by atoms with Crippen LogP contribution in [0.4, 0.5) is 10.5 Å². The predicted molar refractivity (Wildman–Crippen MR) is 108 cm³/mol. The Morgan fingerprint density at radius 2 is 1.74 bits per heavy atom. The smallest absolute Gasteiger partial charge is 0.321 e. The molecule has 2 aliphatic rings. The van der Waals surface area contributed by atoms with Crippen molar-refractivity contribution in [2.45, 2.75) is 38.6 Å². The maximum atomic E-state index is 13.0. The van der Waals surface area contributed by atoms with Crippen LogP contribution in [0.3, 0.4) is 0 Å². The third kappa shape index (κ3) is 4.80. The van der Waals surface area contributed by atoms with Crippen LogP contribution in [-0.2, 0) is 4.79 Å². The molecule has 1 N–H and O–H groups in total. The van der Waals surface area contributed by atoms with Gasteiger partial charge in [-0.1, -0.05) is 31.0 Å². The second-order valence-electron chi connectivity index (χ2n) is 7.66. The van der Waals surface area contributed by atoms with Crippen molar-refractivity contribution in [3.63, 3.8) is 0 Å². The summed E-state index contributed by atoms with van der Waals surface area (Å²) < 4.78 is 0. The number of nitrogens with zero attached hydrogens (tertiary/aromatic N) is 3. The van der Waals surface area contributed by atoms with Crippen molar-refractivity contribution in [3.05, 3.63) is 30.3 Å². The van der Waals surface area contributed by atoms with Gasteiger partial charge in [0.15, 0.2) is 0 Å². The van der Waals surface area contributed by atoms with E-state index in [9.17, 15) is 9.59 Å². The number of carbonyl (C=O) groups excluding carboxylic acids is 2. The van der Waals surface area contributed by atoms with E-state index < -0.39 is 0 Å². The largest absolute Gasteiger partial charge is 0.345 e. The van der Waals surface area contributed by atoms with Crippen LogP contribution in [0.25, 0.3) is 0 Å². The fraction of sp³-hybridized carbons (Fsp3) is 0.619. The van der Waals surface area contributed by atoms with Gasteiger partial charge in [-0.3, -0.25) is 9.69 Å². The fourth-order valence-electron chi connectivity index (χ4n) is 4.24. The summed E-state index contributed by atoms with van der Waals surface area (Å²) >= 11 is 0. The molecule has 1 saturated carbocycles. The highest BCUT2D eigenvalue weighted by atomic mass is 16.2. The van der Waals surface area contributed by atoms with Gasteiger partial charge in [0, 0.05) is 45.5 Å². The Hall–Kier alpha value is -2.08. The number of urea groups is 1. The molecule has 1 aliphatic carbocycles. The number of amides is 3. The van der Waals surface area contributed by atoms with Crippen LogP contribution >= 0.6 is 0 Å². The zero-order chi connectivity index (χ0) is 19.2. The lowest BCUT2D eigenvalue weighted by Gasteiger charge is -2.41. The van der Waals surface area contributed by atoms with E-state index in [1.807, 2.05) is 54.1 Å². The van der Waals surface area contributed by atoms with Gasteiger partial charge in [-0.2, -0.15) is 0 Å². The molecule has 1 unspecified atom stereocenters. The normalized spacial score (nSPS) is 19.7. The average Bonchev–Trinajstić information content (AvgIpc) is 3.23. The van der Waals surface area contributed by atoms with Gasteiger partial charge in [0.25, 0.3) is 0 Å². The molecule has 1 atom stereocenters. The first-order valence-electron chi connectivity index (χ1n) is 10.2. The zero-order valence-corrected chi connectivity index (χ0v) is 16.6. The van der Waals surface area contributed by atoms with Crippen LogP contribution in [0.2, 0.25) is 0 Å². The molecular weight excluding hydrogens is 340 g/mol. The van der Waals surface area contributed by atoms with Gasteiger partial charge in [-0.15, -0.1) is 0 Å². The number of carbonyl (C=O) groups is 2. The number of anilines is 1. The molecule has 6 heteroatoms. The van der Waals surface area contributed by atoms with Crippen LogP contribution in [0, 0.1) is 5.92 Å². The standard InChI is InChI=1S/C21H32N4O2/c1-3-23(2)20(26)19(17-9-7-8-10-17)24-13-15-25(16-14-24)21(27)22-18-11-5-4-6-12-18/h4-6,11-12,17,19H,3,7-10,13-16H2,1-2H3,(H,22,27). The van der Waals surface area contributed by atoms with Gasteiger partial charge in [-0.25, -0.2) is 4.79 Å². The van der Waals surface area contributed by atoms with Gasteiger partial charge in [0.1, 0.15) is 0 Å². The van der Waals surface area contributed by atoms with E-state index in [1.165, 1.54) is 12.8 Å². The summed E-state index contributed by atoms with van der Waals surface area (Å²) in [7, 11) is 1.90. The van der Waals surface area contributed by atoms with Gasteiger partial charge >= 0.3 is 6.03 Å². The van der Waals surface area contributed by atoms with Crippen molar-refractivity contribution in [2.75, 3.05) is 45.1 Å². The SMILES string of the molecule is CCN(C)C(=O)C(C1CCCC1)N1CCN(C(=O)Nc2ccccc2)CC1. The van der Waals surface area contributed by atoms with E-state index in [4.69, 9.17) is 0 Å². The molecule has 0 aromatic heterocycles. The first-order chi connectivity index (χ1) is 13.1. The first kappa shape index (κ1) is 19.7. The van der Waals surface area contributed by atoms with E-state index in [-0.39, 0.29) is 18.0 Å². The maximum absolute atomic E-state index is 13.0. The molecule has 3 rings (SSSR count). The van der Waals surface area contributed by atoms with Crippen molar-refractivity contribution in [3.8, 4) is 0 Å². The number of piperazine rings is 1.